The highest BCUT2D eigenvalue weighted by Crippen LogP contribution is 2.27. The summed E-state index contributed by atoms with van der Waals surface area (Å²) >= 11 is 0. The lowest BCUT2D eigenvalue weighted by molar-refractivity contribution is -0.122. The van der Waals surface area contributed by atoms with E-state index in [1.54, 1.807) is 6.92 Å². The summed E-state index contributed by atoms with van der Waals surface area (Å²) in [5.74, 6) is 1.42. The van der Waals surface area contributed by atoms with Crippen molar-refractivity contribution >= 4 is 5.78 Å². The van der Waals surface area contributed by atoms with Gasteiger partial charge in [-0.05, 0) is 64.3 Å². The largest absolute Gasteiger partial charge is 0.492 e. The molecule has 0 aromatic heterocycles. The first kappa shape index (κ1) is 18.7. The Kier molecular flexibility index (Phi) is 7.53. The van der Waals surface area contributed by atoms with Crippen molar-refractivity contribution in [3.8, 4) is 11.5 Å². The number of Topliss-reactive ketones (excluding diaryl/α,β-unsaturated/α-hetero) is 1. The predicted octanol–water partition coefficient (Wildman–Crippen LogP) is 2.44. The van der Waals surface area contributed by atoms with E-state index in [0.29, 0.717) is 25.2 Å². The molecular weight excluding hydrogens is 306 g/mol. The van der Waals surface area contributed by atoms with Crippen LogP contribution in [0.1, 0.15) is 38.7 Å². The van der Waals surface area contributed by atoms with Crippen LogP contribution in [0.15, 0.2) is 18.2 Å². The van der Waals surface area contributed by atoms with Gasteiger partial charge in [-0.2, -0.15) is 0 Å². The van der Waals surface area contributed by atoms with Gasteiger partial charge < -0.3 is 14.6 Å². The molecule has 5 heteroatoms. The lowest BCUT2D eigenvalue weighted by atomic mass is 10.1. The molecule has 24 heavy (non-hydrogen) atoms. The number of nitrogens with zero attached hydrogens (tertiary/aromatic N) is 1. The average molecular weight is 335 g/mol. The van der Waals surface area contributed by atoms with Crippen molar-refractivity contribution in [2.24, 2.45) is 0 Å². The number of benzene rings is 1. The zero-order valence-corrected chi connectivity index (χ0v) is 14.8. The Labute approximate surface area is 144 Å². The third-order valence-electron chi connectivity index (χ3n) is 4.39. The molecule has 0 saturated carbocycles. The standard InChI is InChI=1S/C19H29NO4/c1-15(22)16(2)24-19-14-18(8-7-17(19)6-5-12-21)23-13-11-20-9-3-4-10-20/h7-8,14,16,21H,3-6,9-13H2,1-2H3. The number of hydrogen-bond donors (Lipinski definition) is 1. The number of carbonyl (C=O) groups excluding carboxylic acids is 1. The molecule has 0 amide bonds. The van der Waals surface area contributed by atoms with E-state index in [0.717, 1.165) is 30.9 Å². The fourth-order valence-corrected chi connectivity index (χ4v) is 2.78. The van der Waals surface area contributed by atoms with E-state index in [2.05, 4.69) is 4.90 Å². The van der Waals surface area contributed by atoms with E-state index < -0.39 is 6.10 Å². The topological polar surface area (TPSA) is 59.0 Å². The number of hydrogen-bond acceptors (Lipinski definition) is 5. The molecule has 1 aliphatic heterocycles. The summed E-state index contributed by atoms with van der Waals surface area (Å²) in [6, 6.07) is 5.75. The van der Waals surface area contributed by atoms with E-state index in [-0.39, 0.29) is 12.4 Å². The highest BCUT2D eigenvalue weighted by Gasteiger charge is 2.14. The summed E-state index contributed by atoms with van der Waals surface area (Å²) in [5, 5.41) is 9.04. The second kappa shape index (κ2) is 9.64. The van der Waals surface area contributed by atoms with Crippen molar-refractivity contribution in [1.29, 1.82) is 0 Å². The maximum atomic E-state index is 11.5. The van der Waals surface area contributed by atoms with Crippen LogP contribution in [0.5, 0.6) is 11.5 Å². The number of rotatable bonds is 10. The lowest BCUT2D eigenvalue weighted by Gasteiger charge is -2.18. The summed E-state index contributed by atoms with van der Waals surface area (Å²) in [4.78, 5) is 13.9. The molecule has 0 radical (unpaired) electrons. The Morgan fingerprint density at radius 1 is 1.33 bits per heavy atom. The second-order valence-electron chi connectivity index (χ2n) is 6.36. The van der Waals surface area contributed by atoms with E-state index in [1.807, 2.05) is 18.2 Å². The van der Waals surface area contributed by atoms with Gasteiger partial charge in [-0.3, -0.25) is 9.69 Å². The summed E-state index contributed by atoms with van der Waals surface area (Å²) in [6.07, 6.45) is 3.45. The molecule has 1 fully saturated rings. The maximum absolute atomic E-state index is 11.5. The number of aliphatic hydroxyl groups is 1. The van der Waals surface area contributed by atoms with Gasteiger partial charge in [0.25, 0.3) is 0 Å². The third kappa shape index (κ3) is 5.80. The average Bonchev–Trinajstić information content (AvgIpc) is 3.07. The van der Waals surface area contributed by atoms with Crippen molar-refractivity contribution in [2.75, 3.05) is 32.8 Å². The molecule has 1 heterocycles. The first-order chi connectivity index (χ1) is 11.6. The SMILES string of the molecule is CC(=O)C(C)Oc1cc(OCCN2CCCC2)ccc1CCCO. The van der Waals surface area contributed by atoms with Crippen molar-refractivity contribution < 1.29 is 19.4 Å². The number of ether oxygens (including phenoxy) is 2. The number of likely N-dealkylation sites (tertiary alicyclic amines) is 1. The monoisotopic (exact) mass is 335 g/mol. The Morgan fingerprint density at radius 2 is 2.08 bits per heavy atom. The van der Waals surface area contributed by atoms with Crippen LogP contribution in [0, 0.1) is 0 Å². The third-order valence-corrected chi connectivity index (χ3v) is 4.39. The molecule has 0 aliphatic carbocycles. The van der Waals surface area contributed by atoms with Crippen LogP contribution in [0.25, 0.3) is 0 Å². The Bertz CT molecular complexity index is 526. The minimum atomic E-state index is -0.488. The van der Waals surface area contributed by atoms with Crippen molar-refractivity contribution in [2.45, 2.75) is 45.6 Å². The van der Waals surface area contributed by atoms with E-state index in [4.69, 9.17) is 14.6 Å². The zero-order chi connectivity index (χ0) is 17.4. The first-order valence-electron chi connectivity index (χ1n) is 8.86. The Balaban J connectivity index is 1.98. The maximum Gasteiger partial charge on any atom is 0.169 e. The fourth-order valence-electron chi connectivity index (χ4n) is 2.78. The van der Waals surface area contributed by atoms with Gasteiger partial charge in [-0.25, -0.2) is 0 Å². The summed E-state index contributed by atoms with van der Waals surface area (Å²) in [6.45, 7) is 7.31. The van der Waals surface area contributed by atoms with Gasteiger partial charge in [-0.1, -0.05) is 6.07 Å². The van der Waals surface area contributed by atoms with Gasteiger partial charge in [0.1, 0.15) is 18.1 Å². The van der Waals surface area contributed by atoms with Gasteiger partial charge in [-0.15, -0.1) is 0 Å². The quantitative estimate of drug-likeness (QED) is 0.712. The molecule has 0 bridgehead atoms. The van der Waals surface area contributed by atoms with Crippen molar-refractivity contribution in [1.82, 2.24) is 4.90 Å². The van der Waals surface area contributed by atoms with E-state index >= 15 is 0 Å². The van der Waals surface area contributed by atoms with Crippen LogP contribution < -0.4 is 9.47 Å². The van der Waals surface area contributed by atoms with Gasteiger partial charge >= 0.3 is 0 Å². The molecule has 1 aromatic rings. The van der Waals surface area contributed by atoms with Crippen LogP contribution in [0.4, 0.5) is 0 Å². The van der Waals surface area contributed by atoms with Crippen LogP contribution in [0.3, 0.4) is 0 Å². The molecule has 2 rings (SSSR count). The Morgan fingerprint density at radius 3 is 2.75 bits per heavy atom. The smallest absolute Gasteiger partial charge is 0.169 e. The highest BCUT2D eigenvalue weighted by molar-refractivity contribution is 5.80. The van der Waals surface area contributed by atoms with Crippen LogP contribution in [0.2, 0.25) is 0 Å². The Hall–Kier alpha value is -1.59. The second-order valence-corrected chi connectivity index (χ2v) is 6.36. The molecule has 1 aromatic carbocycles. The minimum absolute atomic E-state index is 0.0107. The molecule has 134 valence electrons. The molecule has 0 spiro atoms. The minimum Gasteiger partial charge on any atom is -0.492 e. The van der Waals surface area contributed by atoms with E-state index in [9.17, 15) is 4.79 Å². The lowest BCUT2D eigenvalue weighted by Crippen LogP contribution is -2.25. The molecule has 1 N–H and O–H groups in total. The molecule has 5 nitrogen and oxygen atoms in total. The molecule has 1 atom stereocenters. The van der Waals surface area contributed by atoms with Gasteiger partial charge in [0, 0.05) is 19.2 Å². The number of carbonyl (C=O) groups is 1. The van der Waals surface area contributed by atoms with Crippen molar-refractivity contribution in [3.05, 3.63) is 23.8 Å². The highest BCUT2D eigenvalue weighted by atomic mass is 16.5. The zero-order valence-electron chi connectivity index (χ0n) is 14.8. The summed E-state index contributed by atoms with van der Waals surface area (Å²) in [7, 11) is 0. The summed E-state index contributed by atoms with van der Waals surface area (Å²) in [5.41, 5.74) is 0.990. The normalized spacial score (nSPS) is 16.1. The molecule has 1 unspecified atom stereocenters. The molecular formula is C19H29NO4. The summed E-state index contributed by atoms with van der Waals surface area (Å²) < 4.78 is 11.7. The molecule has 1 aliphatic rings. The first-order valence-corrected chi connectivity index (χ1v) is 8.86. The van der Waals surface area contributed by atoms with Crippen molar-refractivity contribution in [3.63, 3.8) is 0 Å². The number of aliphatic hydroxyl groups excluding tert-OH is 1. The predicted molar refractivity (Wildman–Crippen MR) is 93.8 cm³/mol. The van der Waals surface area contributed by atoms with Gasteiger partial charge in [0.05, 0.1) is 0 Å². The van der Waals surface area contributed by atoms with Crippen LogP contribution in [-0.2, 0) is 11.2 Å². The van der Waals surface area contributed by atoms with Gasteiger partial charge in [0.15, 0.2) is 11.9 Å². The van der Waals surface area contributed by atoms with Crippen LogP contribution >= 0.6 is 0 Å². The number of aryl methyl sites for hydroxylation is 1. The van der Waals surface area contributed by atoms with Crippen LogP contribution in [-0.4, -0.2) is 54.7 Å². The fraction of sp³-hybridized carbons (Fsp3) is 0.632. The number of ketones is 1. The van der Waals surface area contributed by atoms with E-state index in [1.165, 1.54) is 19.8 Å². The van der Waals surface area contributed by atoms with Gasteiger partial charge in [0.2, 0.25) is 0 Å². The molecule has 1 saturated heterocycles.